The summed E-state index contributed by atoms with van der Waals surface area (Å²) in [5, 5.41) is 22.9. The van der Waals surface area contributed by atoms with Crippen LogP contribution in [-0.2, 0) is 9.59 Å². The maximum atomic E-state index is 11.4. The first-order valence-corrected chi connectivity index (χ1v) is 8.97. The van der Waals surface area contributed by atoms with Crippen LogP contribution in [0, 0.1) is 21.7 Å². The summed E-state index contributed by atoms with van der Waals surface area (Å²) in [5.74, 6) is -0.417. The molecule has 0 saturated heterocycles. The SMILES string of the molecule is CC(C)(C)C(=O)C=C([O-])C(C)(C)C.CC(C)(C)C(=O)C=C([O-])C(C)(C)C.[Mg+2].[Mg+2]. The van der Waals surface area contributed by atoms with Gasteiger partial charge in [-0.2, -0.15) is 0 Å². The van der Waals surface area contributed by atoms with Crippen molar-refractivity contribution in [1.82, 2.24) is 0 Å². The first-order chi connectivity index (χ1) is 11.1. The average molecular weight is 415 g/mol. The van der Waals surface area contributed by atoms with Gasteiger partial charge in [0.1, 0.15) is 0 Å². The first kappa shape index (κ1) is 35.4. The van der Waals surface area contributed by atoms with E-state index in [1.807, 2.05) is 83.1 Å². The van der Waals surface area contributed by atoms with E-state index in [4.69, 9.17) is 0 Å². The molecular formula is C22H38Mg2O4+2. The van der Waals surface area contributed by atoms with Gasteiger partial charge in [-0.25, -0.2) is 0 Å². The van der Waals surface area contributed by atoms with Crippen LogP contribution in [0.5, 0.6) is 0 Å². The first-order valence-electron chi connectivity index (χ1n) is 8.97. The van der Waals surface area contributed by atoms with E-state index in [1.165, 1.54) is 12.2 Å². The molecule has 152 valence electrons. The van der Waals surface area contributed by atoms with Crippen LogP contribution >= 0.6 is 0 Å². The molecular weight excluding hydrogens is 377 g/mol. The molecule has 0 unspecified atom stereocenters. The number of ketones is 2. The fourth-order valence-electron chi connectivity index (χ4n) is 1.10. The molecule has 0 aliphatic heterocycles. The van der Waals surface area contributed by atoms with Crippen LogP contribution in [0.25, 0.3) is 0 Å². The van der Waals surface area contributed by atoms with Crippen molar-refractivity contribution in [2.45, 2.75) is 83.1 Å². The molecule has 0 atom stereocenters. The minimum absolute atomic E-state index is 0. The van der Waals surface area contributed by atoms with Crippen LogP contribution in [0.1, 0.15) is 83.1 Å². The molecule has 0 bridgehead atoms. The van der Waals surface area contributed by atoms with Gasteiger partial charge in [-0.05, 0) is 23.0 Å². The third kappa shape index (κ3) is 15.8. The molecule has 0 N–H and O–H groups in total. The van der Waals surface area contributed by atoms with Crippen molar-refractivity contribution in [2.24, 2.45) is 21.7 Å². The van der Waals surface area contributed by atoms with Crippen molar-refractivity contribution in [3.05, 3.63) is 23.7 Å². The minimum atomic E-state index is -0.457. The van der Waals surface area contributed by atoms with E-state index in [1.54, 1.807) is 0 Å². The Labute approximate surface area is 204 Å². The van der Waals surface area contributed by atoms with Crippen LogP contribution in [0.2, 0.25) is 0 Å². The zero-order valence-electron chi connectivity index (χ0n) is 20.2. The second-order valence-corrected chi connectivity index (χ2v) is 10.7. The van der Waals surface area contributed by atoms with Gasteiger partial charge in [-0.1, -0.05) is 83.1 Å². The largest absolute Gasteiger partial charge is 2.00 e. The van der Waals surface area contributed by atoms with Gasteiger partial charge in [-0.15, -0.1) is 11.5 Å². The predicted molar refractivity (Wildman–Crippen MR) is 116 cm³/mol. The Kier molecular flexibility index (Phi) is 15.9. The smallest absolute Gasteiger partial charge is 0.875 e. The third-order valence-electron chi connectivity index (χ3n) is 3.48. The van der Waals surface area contributed by atoms with Crippen molar-refractivity contribution in [3.63, 3.8) is 0 Å². The molecule has 0 aromatic rings. The van der Waals surface area contributed by atoms with Crippen LogP contribution in [0.4, 0.5) is 0 Å². The van der Waals surface area contributed by atoms with E-state index in [2.05, 4.69) is 0 Å². The van der Waals surface area contributed by atoms with E-state index < -0.39 is 21.7 Å². The van der Waals surface area contributed by atoms with Gasteiger partial charge >= 0.3 is 46.1 Å². The van der Waals surface area contributed by atoms with Gasteiger partial charge in [0.25, 0.3) is 0 Å². The van der Waals surface area contributed by atoms with Crippen LogP contribution in [-0.4, -0.2) is 57.7 Å². The van der Waals surface area contributed by atoms with Gasteiger partial charge in [0.05, 0.1) is 0 Å². The molecule has 0 amide bonds. The van der Waals surface area contributed by atoms with Crippen LogP contribution in [0.3, 0.4) is 0 Å². The summed E-state index contributed by atoms with van der Waals surface area (Å²) in [6.45, 7) is 21.7. The topological polar surface area (TPSA) is 80.3 Å². The van der Waals surface area contributed by atoms with Gasteiger partial charge in [0.2, 0.25) is 0 Å². The van der Waals surface area contributed by atoms with Crippen LogP contribution < -0.4 is 10.2 Å². The monoisotopic (exact) mass is 414 g/mol. The van der Waals surface area contributed by atoms with E-state index >= 15 is 0 Å². The molecule has 6 heteroatoms. The molecule has 4 nitrogen and oxygen atoms in total. The number of carbonyl (C=O) groups excluding carboxylic acids is 2. The number of hydrogen-bond donors (Lipinski definition) is 0. The molecule has 0 spiro atoms. The Morgan fingerprint density at radius 3 is 0.786 bits per heavy atom. The van der Waals surface area contributed by atoms with Gasteiger partial charge in [0, 0.05) is 10.8 Å². The molecule has 0 aliphatic rings. The molecule has 0 heterocycles. The molecule has 0 aromatic heterocycles. The van der Waals surface area contributed by atoms with E-state index in [0.29, 0.717) is 0 Å². The molecule has 0 saturated carbocycles. The minimum Gasteiger partial charge on any atom is -0.875 e. The summed E-state index contributed by atoms with van der Waals surface area (Å²) < 4.78 is 0. The quantitative estimate of drug-likeness (QED) is 0.395. The third-order valence-corrected chi connectivity index (χ3v) is 3.48. The molecule has 0 rings (SSSR count). The average Bonchev–Trinajstić information content (AvgIpc) is 2.34. The summed E-state index contributed by atoms with van der Waals surface area (Å²) >= 11 is 0. The second kappa shape index (κ2) is 12.6. The number of carbonyl (C=O) groups is 2. The van der Waals surface area contributed by atoms with Crippen molar-refractivity contribution in [2.75, 3.05) is 0 Å². The molecule has 0 fully saturated rings. The Morgan fingerprint density at radius 1 is 0.500 bits per heavy atom. The van der Waals surface area contributed by atoms with E-state index in [9.17, 15) is 19.8 Å². The Balaban J connectivity index is -0.000000192. The molecule has 0 radical (unpaired) electrons. The maximum absolute atomic E-state index is 11.4. The second-order valence-electron chi connectivity index (χ2n) is 10.7. The van der Waals surface area contributed by atoms with E-state index in [-0.39, 0.29) is 69.2 Å². The Hall–Kier alpha value is -0.0475. The van der Waals surface area contributed by atoms with Crippen molar-refractivity contribution in [3.8, 4) is 0 Å². The van der Waals surface area contributed by atoms with Crippen molar-refractivity contribution < 1.29 is 19.8 Å². The summed E-state index contributed by atoms with van der Waals surface area (Å²) in [6.07, 6.45) is 2.44. The number of hydrogen-bond acceptors (Lipinski definition) is 4. The predicted octanol–water partition coefficient (Wildman–Crippen LogP) is 3.02. The van der Waals surface area contributed by atoms with E-state index in [0.717, 1.165) is 0 Å². The summed E-state index contributed by atoms with van der Waals surface area (Å²) in [6, 6.07) is 0. The zero-order valence-corrected chi connectivity index (χ0v) is 23.0. The molecule has 0 aromatic carbocycles. The van der Waals surface area contributed by atoms with Gasteiger partial charge in [0.15, 0.2) is 11.6 Å². The molecule has 28 heavy (non-hydrogen) atoms. The maximum Gasteiger partial charge on any atom is 2.00 e. The summed E-state index contributed by atoms with van der Waals surface area (Å²) in [4.78, 5) is 22.9. The van der Waals surface area contributed by atoms with Gasteiger partial charge < -0.3 is 10.2 Å². The zero-order chi connectivity index (χ0) is 21.7. The summed E-state index contributed by atoms with van der Waals surface area (Å²) in [7, 11) is 0. The van der Waals surface area contributed by atoms with Crippen molar-refractivity contribution in [1.29, 1.82) is 0 Å². The number of rotatable bonds is 2. The fourth-order valence-corrected chi connectivity index (χ4v) is 1.10. The standard InChI is InChI=1S/2C11H20O2.2Mg/c2*1-10(2,3)8(12)7-9(13)11(4,5)6;;/h2*7,12H,1-6H3;;/q;;2*+2/p-2. The number of allylic oxidation sites excluding steroid dienone is 4. The van der Waals surface area contributed by atoms with Crippen molar-refractivity contribution >= 4 is 57.7 Å². The van der Waals surface area contributed by atoms with Gasteiger partial charge in [-0.3, -0.25) is 9.59 Å². The fraction of sp³-hybridized carbons (Fsp3) is 0.727. The normalized spacial score (nSPS) is 13.4. The van der Waals surface area contributed by atoms with Crippen LogP contribution in [0.15, 0.2) is 23.7 Å². The Morgan fingerprint density at radius 2 is 0.679 bits per heavy atom. The summed E-state index contributed by atoms with van der Waals surface area (Å²) in [5.41, 5.74) is -1.83. The molecule has 0 aliphatic carbocycles. The Bertz CT molecular complexity index is 509.